The van der Waals surface area contributed by atoms with Gasteiger partial charge in [0.05, 0.1) is 0 Å². The molecule has 0 amide bonds. The fourth-order valence-electron chi connectivity index (χ4n) is 2.43. The Balaban J connectivity index is 4.72. The average molecular weight is 345 g/mol. The van der Waals surface area contributed by atoms with Crippen molar-refractivity contribution in [3.8, 4) is 0 Å². The van der Waals surface area contributed by atoms with E-state index >= 15 is 0 Å². The van der Waals surface area contributed by atoms with Crippen molar-refractivity contribution >= 4 is 0 Å². The van der Waals surface area contributed by atoms with E-state index in [9.17, 15) is 4.39 Å². The molecule has 0 aromatic heterocycles. The standard InChI is InChI=1S/C24H37F/c1-9-11-13-18(3)19(4)15-16-20(5)22(7)17-24(25)23(8)21(6)14-12-10-2/h15-18,21H,4-5,7-14H2,1-3,6H3/b16-15-,24-17+. The summed E-state index contributed by atoms with van der Waals surface area (Å²) in [6.07, 6.45) is 12.0. The van der Waals surface area contributed by atoms with Gasteiger partial charge in [-0.15, -0.1) is 0 Å². The van der Waals surface area contributed by atoms with Crippen molar-refractivity contribution in [2.24, 2.45) is 11.8 Å². The molecule has 25 heavy (non-hydrogen) atoms. The zero-order chi connectivity index (χ0) is 19.4. The largest absolute Gasteiger partial charge is 0.207 e. The molecule has 0 fully saturated rings. The number of halogens is 1. The predicted octanol–water partition coefficient (Wildman–Crippen LogP) is 8.27. The van der Waals surface area contributed by atoms with Crippen LogP contribution in [0.5, 0.6) is 0 Å². The van der Waals surface area contributed by atoms with Crippen molar-refractivity contribution < 1.29 is 4.39 Å². The van der Waals surface area contributed by atoms with Gasteiger partial charge in [0.1, 0.15) is 5.83 Å². The van der Waals surface area contributed by atoms with E-state index in [4.69, 9.17) is 0 Å². The van der Waals surface area contributed by atoms with Crippen LogP contribution in [0.25, 0.3) is 0 Å². The van der Waals surface area contributed by atoms with Gasteiger partial charge in [-0.3, -0.25) is 0 Å². The molecule has 0 aromatic carbocycles. The van der Waals surface area contributed by atoms with E-state index in [0.717, 1.165) is 31.3 Å². The van der Waals surface area contributed by atoms with Gasteiger partial charge in [-0.1, -0.05) is 97.4 Å². The lowest BCUT2D eigenvalue weighted by atomic mass is 9.94. The summed E-state index contributed by atoms with van der Waals surface area (Å²) < 4.78 is 14.4. The van der Waals surface area contributed by atoms with Crippen LogP contribution in [-0.2, 0) is 0 Å². The Morgan fingerprint density at radius 3 is 1.88 bits per heavy atom. The normalized spacial score (nSPS) is 14.4. The molecule has 140 valence electrons. The second kappa shape index (κ2) is 12.7. The van der Waals surface area contributed by atoms with E-state index in [1.165, 1.54) is 18.9 Å². The maximum absolute atomic E-state index is 14.4. The van der Waals surface area contributed by atoms with Gasteiger partial charge in [0.15, 0.2) is 0 Å². The molecular weight excluding hydrogens is 307 g/mol. The zero-order valence-electron chi connectivity index (χ0n) is 16.8. The highest BCUT2D eigenvalue weighted by molar-refractivity contribution is 5.47. The number of unbranched alkanes of at least 4 members (excludes halogenated alkanes) is 2. The van der Waals surface area contributed by atoms with Gasteiger partial charge >= 0.3 is 0 Å². The van der Waals surface area contributed by atoms with Gasteiger partial charge in [0.2, 0.25) is 0 Å². The number of hydrogen-bond donors (Lipinski definition) is 0. The smallest absolute Gasteiger partial charge is 0.126 e. The quantitative estimate of drug-likeness (QED) is 0.295. The highest BCUT2D eigenvalue weighted by Crippen LogP contribution is 2.26. The van der Waals surface area contributed by atoms with Crippen molar-refractivity contribution in [2.45, 2.75) is 66.2 Å². The van der Waals surface area contributed by atoms with Crippen LogP contribution in [0, 0.1) is 11.8 Å². The molecule has 0 bridgehead atoms. The molecule has 0 aliphatic carbocycles. The van der Waals surface area contributed by atoms with Crippen LogP contribution in [-0.4, -0.2) is 0 Å². The second-order valence-corrected chi connectivity index (χ2v) is 7.06. The first-order chi connectivity index (χ1) is 11.7. The van der Waals surface area contributed by atoms with Crippen LogP contribution < -0.4 is 0 Å². The summed E-state index contributed by atoms with van der Waals surface area (Å²) in [6, 6.07) is 0. The van der Waals surface area contributed by atoms with Crippen molar-refractivity contribution in [1.82, 2.24) is 0 Å². The number of rotatable bonds is 13. The maximum Gasteiger partial charge on any atom is 0.126 e. The SMILES string of the molecule is C=C(/C=C\C(=C)C(C)CCCC)C(=C)/C=C(/F)C(=C)C(C)CCCC. The Bertz CT molecular complexity index is 530. The Morgan fingerprint density at radius 2 is 1.36 bits per heavy atom. The van der Waals surface area contributed by atoms with Gasteiger partial charge in [0, 0.05) is 0 Å². The molecule has 0 saturated heterocycles. The predicted molar refractivity (Wildman–Crippen MR) is 112 cm³/mol. The lowest BCUT2D eigenvalue weighted by molar-refractivity contribution is 0.538. The van der Waals surface area contributed by atoms with Gasteiger partial charge in [-0.25, -0.2) is 4.39 Å². The Kier molecular flexibility index (Phi) is 11.9. The first-order valence-electron chi connectivity index (χ1n) is 9.55. The Hall–Kier alpha value is -1.63. The summed E-state index contributed by atoms with van der Waals surface area (Å²) in [7, 11) is 0. The van der Waals surface area contributed by atoms with Crippen molar-refractivity contribution in [1.29, 1.82) is 0 Å². The average Bonchev–Trinajstić information content (AvgIpc) is 2.60. The summed E-state index contributed by atoms with van der Waals surface area (Å²) >= 11 is 0. The van der Waals surface area contributed by atoms with Crippen LogP contribution in [0.1, 0.15) is 66.2 Å². The van der Waals surface area contributed by atoms with Crippen molar-refractivity contribution in [2.75, 3.05) is 0 Å². The maximum atomic E-state index is 14.4. The Labute approximate surface area is 155 Å². The molecule has 0 aromatic rings. The molecule has 0 radical (unpaired) electrons. The fraction of sp³-hybridized carbons (Fsp3) is 0.500. The summed E-state index contributed by atoms with van der Waals surface area (Å²) in [6.45, 7) is 24.5. The zero-order valence-corrected chi connectivity index (χ0v) is 16.8. The summed E-state index contributed by atoms with van der Waals surface area (Å²) in [4.78, 5) is 0. The number of hydrogen-bond acceptors (Lipinski definition) is 0. The summed E-state index contributed by atoms with van der Waals surface area (Å²) in [5.74, 6) is 0.300. The molecule has 0 aliphatic rings. The minimum Gasteiger partial charge on any atom is -0.207 e. The number of allylic oxidation sites excluding steroid dienone is 8. The monoisotopic (exact) mass is 344 g/mol. The van der Waals surface area contributed by atoms with E-state index in [1.807, 2.05) is 19.1 Å². The van der Waals surface area contributed by atoms with E-state index < -0.39 is 0 Å². The minimum atomic E-state index is -0.293. The van der Waals surface area contributed by atoms with Crippen LogP contribution in [0.4, 0.5) is 4.39 Å². The highest BCUT2D eigenvalue weighted by Gasteiger charge is 2.11. The second-order valence-electron chi connectivity index (χ2n) is 7.06. The third kappa shape index (κ3) is 9.43. The van der Waals surface area contributed by atoms with E-state index in [0.29, 0.717) is 22.6 Å². The van der Waals surface area contributed by atoms with E-state index in [-0.39, 0.29) is 11.7 Å². The van der Waals surface area contributed by atoms with Gasteiger partial charge < -0.3 is 0 Å². The van der Waals surface area contributed by atoms with Gasteiger partial charge in [-0.05, 0) is 47.5 Å². The molecule has 0 rings (SSSR count). The summed E-state index contributed by atoms with van der Waals surface area (Å²) in [5, 5.41) is 0. The molecule has 2 atom stereocenters. The molecular formula is C24H37F. The lowest BCUT2D eigenvalue weighted by Gasteiger charge is -2.13. The molecule has 0 spiro atoms. The highest BCUT2D eigenvalue weighted by atomic mass is 19.1. The first kappa shape index (κ1) is 23.4. The van der Waals surface area contributed by atoms with Crippen LogP contribution >= 0.6 is 0 Å². The molecule has 0 aliphatic heterocycles. The third-order valence-corrected chi connectivity index (χ3v) is 4.73. The van der Waals surface area contributed by atoms with Crippen molar-refractivity contribution in [3.63, 3.8) is 0 Å². The first-order valence-corrected chi connectivity index (χ1v) is 9.55. The molecule has 0 saturated carbocycles. The van der Waals surface area contributed by atoms with Crippen molar-refractivity contribution in [3.05, 3.63) is 72.7 Å². The Morgan fingerprint density at radius 1 is 0.840 bits per heavy atom. The molecule has 0 heterocycles. The lowest BCUT2D eigenvalue weighted by Crippen LogP contribution is -1.99. The summed E-state index contributed by atoms with van der Waals surface area (Å²) in [5.41, 5.74) is 2.90. The minimum absolute atomic E-state index is 0.145. The molecule has 2 unspecified atom stereocenters. The third-order valence-electron chi connectivity index (χ3n) is 4.73. The topological polar surface area (TPSA) is 0 Å². The molecule has 0 N–H and O–H groups in total. The van der Waals surface area contributed by atoms with E-state index in [1.54, 1.807) is 0 Å². The van der Waals surface area contributed by atoms with Crippen LogP contribution in [0.2, 0.25) is 0 Å². The van der Waals surface area contributed by atoms with E-state index in [2.05, 4.69) is 47.1 Å². The van der Waals surface area contributed by atoms with Crippen LogP contribution in [0.3, 0.4) is 0 Å². The fourth-order valence-corrected chi connectivity index (χ4v) is 2.43. The van der Waals surface area contributed by atoms with Crippen LogP contribution in [0.15, 0.2) is 72.7 Å². The van der Waals surface area contributed by atoms with Gasteiger partial charge in [0.25, 0.3) is 0 Å². The molecule has 1 heteroatoms. The molecule has 0 nitrogen and oxygen atoms in total. The van der Waals surface area contributed by atoms with Gasteiger partial charge in [-0.2, -0.15) is 0 Å².